The van der Waals surface area contributed by atoms with E-state index in [1.807, 2.05) is 6.20 Å². The molecule has 3 aromatic rings. The molecule has 0 spiro atoms. The number of anilines is 1. The van der Waals surface area contributed by atoms with Crippen LogP contribution in [0, 0.1) is 13.8 Å². The summed E-state index contributed by atoms with van der Waals surface area (Å²) in [6.07, 6.45) is 6.77. The molecule has 1 saturated heterocycles. The number of allylic oxidation sites excluding steroid dienone is 2. The summed E-state index contributed by atoms with van der Waals surface area (Å²) in [5, 5.41) is 1.34. The summed E-state index contributed by atoms with van der Waals surface area (Å²) >= 11 is 0. The first-order chi connectivity index (χ1) is 13.6. The van der Waals surface area contributed by atoms with E-state index in [0.717, 1.165) is 25.5 Å². The van der Waals surface area contributed by atoms with Crippen LogP contribution in [0.4, 0.5) is 5.82 Å². The maximum Gasteiger partial charge on any atom is 0.153 e. The van der Waals surface area contributed by atoms with Gasteiger partial charge in [-0.15, -0.1) is 12.4 Å². The van der Waals surface area contributed by atoms with Crippen LogP contribution < -0.4 is 4.90 Å². The van der Waals surface area contributed by atoms with Crippen molar-refractivity contribution in [3.63, 3.8) is 0 Å². The molecule has 4 rings (SSSR count). The normalized spacial score (nSPS) is 16.6. The third kappa shape index (κ3) is 4.20. The van der Waals surface area contributed by atoms with Crippen molar-refractivity contribution in [1.29, 1.82) is 0 Å². The minimum Gasteiger partial charge on any atom is -0.354 e. The molecule has 3 nitrogen and oxygen atoms in total. The first-order valence-corrected chi connectivity index (χ1v) is 10.4. The first-order valence-electron chi connectivity index (χ1n) is 10.4. The first kappa shape index (κ1) is 21.4. The van der Waals surface area contributed by atoms with E-state index in [4.69, 9.17) is 4.98 Å². The lowest BCUT2D eigenvalue weighted by molar-refractivity contribution is 0.507. The van der Waals surface area contributed by atoms with Crippen LogP contribution in [0.1, 0.15) is 49.4 Å². The van der Waals surface area contributed by atoms with E-state index >= 15 is 0 Å². The molecule has 0 N–H and O–H groups in total. The fourth-order valence-corrected chi connectivity index (χ4v) is 4.48. The largest absolute Gasteiger partial charge is 0.354 e. The van der Waals surface area contributed by atoms with Gasteiger partial charge in [-0.3, -0.25) is 0 Å². The average Bonchev–Trinajstić information content (AvgIpc) is 2.97. The van der Waals surface area contributed by atoms with E-state index in [2.05, 4.69) is 79.6 Å². The van der Waals surface area contributed by atoms with Gasteiger partial charge in [-0.2, -0.15) is 0 Å². The summed E-state index contributed by atoms with van der Waals surface area (Å²) in [7, 11) is 0. The van der Waals surface area contributed by atoms with E-state index < -0.39 is 0 Å². The second-order valence-corrected chi connectivity index (χ2v) is 8.33. The summed E-state index contributed by atoms with van der Waals surface area (Å²) < 4.78 is 2.45. The fraction of sp³-hybridized carbons (Fsp3) is 0.400. The summed E-state index contributed by atoms with van der Waals surface area (Å²) in [4.78, 5) is 7.40. The zero-order valence-corrected chi connectivity index (χ0v) is 18.8. The maximum atomic E-state index is 4.89. The molecule has 1 aromatic carbocycles. The number of aromatic nitrogens is 2. The van der Waals surface area contributed by atoms with Gasteiger partial charge in [0.15, 0.2) is 5.82 Å². The number of halogens is 1. The van der Waals surface area contributed by atoms with Crippen molar-refractivity contribution >= 4 is 29.1 Å². The molecular weight excluding hydrogens is 378 g/mol. The molecule has 3 heterocycles. The van der Waals surface area contributed by atoms with Crippen molar-refractivity contribution < 1.29 is 0 Å². The molecule has 0 aliphatic carbocycles. The molecule has 0 radical (unpaired) electrons. The lowest BCUT2D eigenvalue weighted by Gasteiger charge is -2.34. The molecule has 1 fully saturated rings. The molecule has 4 heteroatoms. The Labute approximate surface area is 180 Å². The maximum absolute atomic E-state index is 4.89. The van der Waals surface area contributed by atoms with E-state index in [1.165, 1.54) is 46.1 Å². The number of aryl methyl sites for hydroxylation is 1. The molecule has 1 atom stereocenters. The van der Waals surface area contributed by atoms with Gasteiger partial charge in [0.25, 0.3) is 0 Å². The van der Waals surface area contributed by atoms with Gasteiger partial charge in [0, 0.05) is 42.8 Å². The van der Waals surface area contributed by atoms with Gasteiger partial charge in [0.2, 0.25) is 0 Å². The van der Waals surface area contributed by atoms with Crippen molar-refractivity contribution in [2.75, 3.05) is 18.0 Å². The summed E-state index contributed by atoms with van der Waals surface area (Å²) in [5.74, 6) is 1.73. The zero-order chi connectivity index (χ0) is 19.7. The van der Waals surface area contributed by atoms with Gasteiger partial charge in [-0.05, 0) is 57.7 Å². The van der Waals surface area contributed by atoms with E-state index in [-0.39, 0.29) is 12.4 Å². The molecule has 0 saturated carbocycles. The third-order valence-electron chi connectivity index (χ3n) is 6.20. The number of nitrogens with zero attached hydrogens (tertiary/aromatic N) is 3. The Morgan fingerprint density at radius 3 is 2.62 bits per heavy atom. The van der Waals surface area contributed by atoms with Crippen molar-refractivity contribution in [3.8, 4) is 0 Å². The summed E-state index contributed by atoms with van der Waals surface area (Å²) in [5.41, 5.74) is 6.82. The van der Waals surface area contributed by atoms with E-state index in [1.54, 1.807) is 0 Å². The minimum atomic E-state index is 0. The molecular formula is C25H32ClN3. The molecule has 1 unspecified atom stereocenters. The highest BCUT2D eigenvalue weighted by molar-refractivity contribution is 5.93. The number of rotatable bonds is 4. The van der Waals surface area contributed by atoms with Gasteiger partial charge < -0.3 is 9.47 Å². The van der Waals surface area contributed by atoms with E-state index in [9.17, 15) is 0 Å². The quantitative estimate of drug-likeness (QED) is 0.463. The Kier molecular flexibility index (Phi) is 6.69. The zero-order valence-electron chi connectivity index (χ0n) is 18.0. The smallest absolute Gasteiger partial charge is 0.153 e. The van der Waals surface area contributed by atoms with Gasteiger partial charge in [-0.1, -0.05) is 42.0 Å². The molecule has 154 valence electrons. The van der Waals surface area contributed by atoms with Crippen LogP contribution >= 0.6 is 12.4 Å². The van der Waals surface area contributed by atoms with Crippen LogP contribution in [0.5, 0.6) is 0 Å². The van der Waals surface area contributed by atoms with Crippen LogP contribution in [0.15, 0.2) is 54.2 Å². The van der Waals surface area contributed by atoms with Gasteiger partial charge in [0.1, 0.15) is 0 Å². The van der Waals surface area contributed by atoms with Crippen LogP contribution in [-0.4, -0.2) is 22.6 Å². The highest BCUT2D eigenvalue weighted by atomic mass is 35.5. The number of hydrogen-bond donors (Lipinski definition) is 0. The van der Waals surface area contributed by atoms with Gasteiger partial charge in [-0.25, -0.2) is 4.98 Å². The van der Waals surface area contributed by atoms with Crippen molar-refractivity contribution in [2.24, 2.45) is 0 Å². The predicted molar refractivity (Wildman–Crippen MR) is 127 cm³/mol. The molecule has 2 aromatic heterocycles. The van der Waals surface area contributed by atoms with Gasteiger partial charge in [0.05, 0.1) is 5.52 Å². The Hall–Kier alpha value is -2.26. The van der Waals surface area contributed by atoms with Crippen LogP contribution in [-0.2, 0) is 6.54 Å². The predicted octanol–water partition coefficient (Wildman–Crippen LogP) is 6.43. The lowest BCUT2D eigenvalue weighted by atomic mass is 9.90. The Morgan fingerprint density at radius 2 is 1.90 bits per heavy atom. The number of pyridine rings is 1. The Morgan fingerprint density at radius 1 is 1.14 bits per heavy atom. The number of hydrogen-bond acceptors (Lipinski definition) is 2. The molecule has 0 bridgehead atoms. The SMILES string of the molecule is CC(C)=CCn1c(C)c(C)c2ccnc(N3CCCC(c4ccccc4)C3)c21.Cl. The minimum absolute atomic E-state index is 0. The van der Waals surface area contributed by atoms with Crippen LogP contribution in [0.2, 0.25) is 0 Å². The van der Waals surface area contributed by atoms with E-state index in [0.29, 0.717) is 5.92 Å². The van der Waals surface area contributed by atoms with Crippen molar-refractivity contribution in [1.82, 2.24) is 9.55 Å². The second-order valence-electron chi connectivity index (χ2n) is 8.33. The molecule has 1 aliphatic heterocycles. The third-order valence-corrected chi connectivity index (χ3v) is 6.20. The summed E-state index contributed by atoms with van der Waals surface area (Å²) in [6.45, 7) is 11.9. The molecule has 0 amide bonds. The van der Waals surface area contributed by atoms with Crippen molar-refractivity contribution in [3.05, 3.63) is 71.1 Å². The number of piperidine rings is 1. The van der Waals surface area contributed by atoms with Gasteiger partial charge >= 0.3 is 0 Å². The van der Waals surface area contributed by atoms with Crippen LogP contribution in [0.25, 0.3) is 10.9 Å². The molecule has 1 aliphatic rings. The Balaban J connectivity index is 0.00000240. The van der Waals surface area contributed by atoms with Crippen molar-refractivity contribution in [2.45, 2.75) is 53.0 Å². The summed E-state index contributed by atoms with van der Waals surface area (Å²) in [6, 6.07) is 13.1. The van der Waals surface area contributed by atoms with Crippen LogP contribution in [0.3, 0.4) is 0 Å². The lowest BCUT2D eigenvalue weighted by Crippen LogP contribution is -2.35. The Bertz CT molecular complexity index is 1000. The monoisotopic (exact) mass is 409 g/mol. The highest BCUT2D eigenvalue weighted by Gasteiger charge is 2.25. The number of benzene rings is 1. The fourth-order valence-electron chi connectivity index (χ4n) is 4.48. The number of fused-ring (bicyclic) bond motifs is 1. The standard InChI is InChI=1S/C25H31N3.ClH/c1-18(2)13-16-28-20(4)19(3)23-12-14-26-25(24(23)28)27-15-8-11-22(17-27)21-9-6-5-7-10-21;/h5-7,9-10,12-14,22H,8,11,15-17H2,1-4H3;1H. The highest BCUT2D eigenvalue weighted by Crippen LogP contribution is 2.35. The average molecular weight is 410 g/mol. The molecule has 29 heavy (non-hydrogen) atoms. The topological polar surface area (TPSA) is 21.1 Å². The second kappa shape index (κ2) is 9.04.